The maximum absolute atomic E-state index is 11.6. The first-order valence-electron chi connectivity index (χ1n) is 7.38. The van der Waals surface area contributed by atoms with Gasteiger partial charge in [-0.05, 0) is 18.8 Å². The predicted octanol–water partition coefficient (Wildman–Crippen LogP) is 1.37. The normalized spacial score (nSPS) is 23.1. The minimum Gasteiger partial charge on any atom is -0.354 e. The van der Waals surface area contributed by atoms with Crippen molar-refractivity contribution in [3.63, 3.8) is 0 Å². The largest absolute Gasteiger partial charge is 0.354 e. The van der Waals surface area contributed by atoms with Crippen molar-refractivity contribution in [2.75, 3.05) is 27.2 Å². The fourth-order valence-electron chi connectivity index (χ4n) is 2.37. The van der Waals surface area contributed by atoms with Crippen LogP contribution < -0.4 is 10.6 Å². The molecule has 20 heavy (non-hydrogen) atoms. The number of nitrogens with zero attached hydrogens (tertiary/aromatic N) is 2. The molecule has 0 radical (unpaired) electrons. The van der Waals surface area contributed by atoms with Gasteiger partial charge in [0, 0.05) is 26.7 Å². The minimum absolute atomic E-state index is 0.00159. The van der Waals surface area contributed by atoms with Gasteiger partial charge >= 0.3 is 0 Å². The number of likely N-dealkylation sites (N-methyl/N-ethyl adjacent to an activating group) is 1. The molecule has 2 atom stereocenters. The molecule has 0 heterocycles. The number of hydrogen-bond acceptors (Lipinski definition) is 2. The van der Waals surface area contributed by atoms with E-state index in [4.69, 9.17) is 0 Å². The Balaban J connectivity index is 2.55. The Morgan fingerprint density at radius 2 is 2.20 bits per heavy atom. The van der Waals surface area contributed by atoms with Crippen molar-refractivity contribution in [3.05, 3.63) is 12.7 Å². The van der Waals surface area contributed by atoms with E-state index in [1.807, 2.05) is 0 Å². The zero-order valence-corrected chi connectivity index (χ0v) is 13.0. The van der Waals surface area contributed by atoms with Gasteiger partial charge in [0.1, 0.15) is 6.54 Å². The van der Waals surface area contributed by atoms with Crippen LogP contribution in [0.15, 0.2) is 17.6 Å². The van der Waals surface area contributed by atoms with Gasteiger partial charge in [-0.3, -0.25) is 4.79 Å². The van der Waals surface area contributed by atoms with Crippen LogP contribution in [0, 0.1) is 5.92 Å². The number of aliphatic imine (C=N–C) groups is 1. The van der Waals surface area contributed by atoms with Crippen molar-refractivity contribution in [3.8, 4) is 0 Å². The maximum atomic E-state index is 11.6. The lowest BCUT2D eigenvalue weighted by Gasteiger charge is -2.28. The third-order valence-corrected chi connectivity index (χ3v) is 3.56. The molecule has 1 aliphatic rings. The number of amides is 1. The number of nitrogens with one attached hydrogen (secondary N) is 2. The van der Waals surface area contributed by atoms with E-state index in [9.17, 15) is 4.79 Å². The van der Waals surface area contributed by atoms with Crippen LogP contribution in [0.2, 0.25) is 0 Å². The van der Waals surface area contributed by atoms with E-state index in [1.54, 1.807) is 25.1 Å². The SMILES string of the molecule is C=CCNC(=NCC(=O)N(C)C)NC1CCCC(C)C1. The van der Waals surface area contributed by atoms with Gasteiger partial charge < -0.3 is 15.5 Å². The quantitative estimate of drug-likeness (QED) is 0.454. The molecule has 0 aromatic rings. The number of rotatable bonds is 5. The van der Waals surface area contributed by atoms with Crippen LogP contribution in [0.1, 0.15) is 32.6 Å². The molecule has 114 valence electrons. The number of carbonyl (C=O) groups is 1. The van der Waals surface area contributed by atoms with E-state index < -0.39 is 0 Å². The molecule has 0 bridgehead atoms. The molecule has 2 unspecified atom stereocenters. The summed E-state index contributed by atoms with van der Waals surface area (Å²) in [5, 5.41) is 6.61. The van der Waals surface area contributed by atoms with Crippen LogP contribution >= 0.6 is 0 Å². The third-order valence-electron chi connectivity index (χ3n) is 3.56. The molecule has 1 saturated carbocycles. The summed E-state index contributed by atoms with van der Waals surface area (Å²) < 4.78 is 0. The number of carbonyl (C=O) groups excluding carboxylic acids is 1. The minimum atomic E-state index is 0.00159. The second kappa shape index (κ2) is 8.61. The van der Waals surface area contributed by atoms with Crippen LogP contribution in [0.3, 0.4) is 0 Å². The van der Waals surface area contributed by atoms with E-state index in [2.05, 4.69) is 29.1 Å². The first-order valence-corrected chi connectivity index (χ1v) is 7.38. The zero-order chi connectivity index (χ0) is 15.0. The lowest BCUT2D eigenvalue weighted by Crippen LogP contribution is -2.45. The zero-order valence-electron chi connectivity index (χ0n) is 13.0. The van der Waals surface area contributed by atoms with Crippen LogP contribution in [0.25, 0.3) is 0 Å². The summed E-state index contributed by atoms with van der Waals surface area (Å²) in [6.07, 6.45) is 6.68. The topological polar surface area (TPSA) is 56.7 Å². The Kier molecular flexibility index (Phi) is 7.12. The molecule has 0 spiro atoms. The van der Waals surface area contributed by atoms with Crippen LogP contribution in [-0.4, -0.2) is 50.0 Å². The monoisotopic (exact) mass is 280 g/mol. The third kappa shape index (κ3) is 6.08. The van der Waals surface area contributed by atoms with E-state index in [-0.39, 0.29) is 12.5 Å². The fourth-order valence-corrected chi connectivity index (χ4v) is 2.37. The smallest absolute Gasteiger partial charge is 0.243 e. The molecule has 0 aromatic carbocycles. The van der Waals surface area contributed by atoms with E-state index in [1.165, 1.54) is 19.3 Å². The summed E-state index contributed by atoms with van der Waals surface area (Å²) in [4.78, 5) is 17.5. The highest BCUT2D eigenvalue weighted by molar-refractivity contribution is 5.85. The van der Waals surface area contributed by atoms with Crippen LogP contribution in [0.4, 0.5) is 0 Å². The first-order chi connectivity index (χ1) is 9.52. The molecule has 1 rings (SSSR count). The molecular weight excluding hydrogens is 252 g/mol. The van der Waals surface area contributed by atoms with E-state index in [0.29, 0.717) is 18.5 Å². The van der Waals surface area contributed by atoms with E-state index >= 15 is 0 Å². The fraction of sp³-hybridized carbons (Fsp3) is 0.733. The van der Waals surface area contributed by atoms with Crippen molar-refractivity contribution in [2.45, 2.75) is 38.6 Å². The summed E-state index contributed by atoms with van der Waals surface area (Å²) in [5.74, 6) is 1.46. The number of guanidine groups is 1. The second-order valence-corrected chi connectivity index (χ2v) is 5.74. The summed E-state index contributed by atoms with van der Waals surface area (Å²) >= 11 is 0. The molecule has 0 saturated heterocycles. The average Bonchev–Trinajstić information content (AvgIpc) is 2.41. The highest BCUT2D eigenvalue weighted by Crippen LogP contribution is 2.23. The van der Waals surface area contributed by atoms with Gasteiger partial charge in [-0.1, -0.05) is 25.8 Å². The van der Waals surface area contributed by atoms with Gasteiger partial charge in [0.25, 0.3) is 0 Å². The number of hydrogen-bond donors (Lipinski definition) is 2. The first kappa shape index (κ1) is 16.5. The molecule has 5 nitrogen and oxygen atoms in total. The predicted molar refractivity (Wildman–Crippen MR) is 83.8 cm³/mol. The Morgan fingerprint density at radius 1 is 1.45 bits per heavy atom. The molecule has 5 heteroatoms. The molecule has 2 N–H and O–H groups in total. The van der Waals surface area contributed by atoms with Gasteiger partial charge in [0.2, 0.25) is 5.91 Å². The summed E-state index contributed by atoms with van der Waals surface area (Å²) in [6, 6.07) is 0.448. The van der Waals surface area contributed by atoms with Gasteiger partial charge in [-0.25, -0.2) is 4.99 Å². The molecule has 1 fully saturated rings. The Bertz CT molecular complexity index is 352. The van der Waals surface area contributed by atoms with Gasteiger partial charge in [0.05, 0.1) is 0 Å². The second-order valence-electron chi connectivity index (χ2n) is 5.74. The van der Waals surface area contributed by atoms with Gasteiger partial charge in [-0.2, -0.15) is 0 Å². The Hall–Kier alpha value is -1.52. The van der Waals surface area contributed by atoms with Crippen molar-refractivity contribution in [1.82, 2.24) is 15.5 Å². The standard InChI is InChI=1S/C15H28N4O/c1-5-9-16-15(17-11-14(20)19(3)4)18-13-8-6-7-12(2)10-13/h5,12-13H,1,6-11H2,2-4H3,(H2,16,17,18). The van der Waals surface area contributed by atoms with Gasteiger partial charge in [0.15, 0.2) is 5.96 Å². The maximum Gasteiger partial charge on any atom is 0.243 e. The molecule has 0 aromatic heterocycles. The van der Waals surface area contributed by atoms with Crippen molar-refractivity contribution in [1.29, 1.82) is 0 Å². The van der Waals surface area contributed by atoms with E-state index in [0.717, 1.165) is 12.3 Å². The lowest BCUT2D eigenvalue weighted by atomic mass is 9.87. The van der Waals surface area contributed by atoms with Crippen molar-refractivity contribution in [2.24, 2.45) is 10.9 Å². The summed E-state index contributed by atoms with van der Waals surface area (Å²) in [6.45, 7) is 6.80. The summed E-state index contributed by atoms with van der Waals surface area (Å²) in [7, 11) is 3.48. The van der Waals surface area contributed by atoms with Crippen LogP contribution in [0.5, 0.6) is 0 Å². The molecule has 0 aliphatic heterocycles. The molecule has 1 amide bonds. The molecule has 1 aliphatic carbocycles. The van der Waals surface area contributed by atoms with Gasteiger partial charge in [-0.15, -0.1) is 6.58 Å². The Labute approximate surface area is 122 Å². The average molecular weight is 280 g/mol. The van der Waals surface area contributed by atoms with Crippen molar-refractivity contribution < 1.29 is 4.79 Å². The highest BCUT2D eigenvalue weighted by atomic mass is 16.2. The van der Waals surface area contributed by atoms with Crippen molar-refractivity contribution >= 4 is 11.9 Å². The summed E-state index contributed by atoms with van der Waals surface area (Å²) in [5.41, 5.74) is 0. The Morgan fingerprint density at radius 3 is 2.80 bits per heavy atom. The van der Waals surface area contributed by atoms with Crippen LogP contribution in [-0.2, 0) is 4.79 Å². The molecular formula is C15H28N4O. The lowest BCUT2D eigenvalue weighted by molar-refractivity contribution is -0.127. The highest BCUT2D eigenvalue weighted by Gasteiger charge is 2.19.